The van der Waals surface area contributed by atoms with Gasteiger partial charge in [-0.15, -0.1) is 11.3 Å². The zero-order valence-corrected chi connectivity index (χ0v) is 15.7. The van der Waals surface area contributed by atoms with E-state index in [0.29, 0.717) is 12.5 Å². The summed E-state index contributed by atoms with van der Waals surface area (Å²) in [6, 6.07) is 7.93. The molecule has 2 heterocycles. The fourth-order valence-corrected chi connectivity index (χ4v) is 3.86. The fourth-order valence-electron chi connectivity index (χ4n) is 2.85. The van der Waals surface area contributed by atoms with Gasteiger partial charge in [-0.3, -0.25) is 4.79 Å². The predicted molar refractivity (Wildman–Crippen MR) is 102 cm³/mol. The van der Waals surface area contributed by atoms with Crippen LogP contribution in [-0.2, 0) is 11.2 Å². The van der Waals surface area contributed by atoms with Crippen LogP contribution in [-0.4, -0.2) is 27.0 Å². The van der Waals surface area contributed by atoms with Gasteiger partial charge in [-0.25, -0.2) is 9.97 Å². The molecule has 0 bridgehead atoms. The van der Waals surface area contributed by atoms with Gasteiger partial charge >= 0.3 is 0 Å². The Morgan fingerprint density at radius 3 is 2.84 bits per heavy atom. The molecule has 1 aromatic carbocycles. The van der Waals surface area contributed by atoms with Crippen LogP contribution in [0.5, 0.6) is 0 Å². The van der Waals surface area contributed by atoms with Crippen molar-refractivity contribution in [1.82, 2.24) is 19.9 Å². The van der Waals surface area contributed by atoms with Crippen molar-refractivity contribution in [3.8, 4) is 0 Å². The number of carbonyl (C=O) groups is 1. The number of amides is 1. The van der Waals surface area contributed by atoms with Gasteiger partial charge in [0.25, 0.3) is 0 Å². The van der Waals surface area contributed by atoms with Crippen molar-refractivity contribution >= 4 is 27.5 Å². The van der Waals surface area contributed by atoms with Gasteiger partial charge < -0.3 is 9.88 Å². The standard InChI is InChI=1S/C19H24N4OS/c1-13(2)18-20-11-12-23(18)14(3)19(24)21-10-6-9-17-22-15-7-4-5-8-16(15)25-17/h4-5,7-8,11-14H,6,9-10H2,1-3H3,(H,21,24)/t14-/m1/s1. The van der Waals surface area contributed by atoms with Crippen LogP contribution in [0, 0.1) is 0 Å². The smallest absolute Gasteiger partial charge is 0.242 e. The van der Waals surface area contributed by atoms with E-state index in [1.807, 2.05) is 35.9 Å². The highest BCUT2D eigenvalue weighted by atomic mass is 32.1. The van der Waals surface area contributed by atoms with Gasteiger partial charge in [0.05, 0.1) is 15.2 Å². The third-order valence-electron chi connectivity index (χ3n) is 4.22. The maximum absolute atomic E-state index is 12.4. The molecular weight excluding hydrogens is 332 g/mol. The fraction of sp³-hybridized carbons (Fsp3) is 0.421. The molecular formula is C19H24N4OS. The molecule has 0 saturated heterocycles. The van der Waals surface area contributed by atoms with Crippen molar-refractivity contribution < 1.29 is 4.79 Å². The first kappa shape index (κ1) is 17.6. The molecule has 5 nitrogen and oxygen atoms in total. The SMILES string of the molecule is CC(C)c1nccn1[C@H](C)C(=O)NCCCc1nc2ccccc2s1. The molecule has 1 atom stereocenters. The molecule has 0 unspecified atom stereocenters. The average molecular weight is 356 g/mol. The van der Waals surface area contributed by atoms with E-state index in [9.17, 15) is 4.79 Å². The number of carbonyl (C=O) groups excluding carboxylic acids is 1. The van der Waals surface area contributed by atoms with Crippen LogP contribution in [0.4, 0.5) is 0 Å². The van der Waals surface area contributed by atoms with Gasteiger partial charge in [-0.2, -0.15) is 0 Å². The number of benzene rings is 1. The quantitative estimate of drug-likeness (QED) is 0.653. The molecule has 0 radical (unpaired) electrons. The Morgan fingerprint density at radius 1 is 1.28 bits per heavy atom. The molecule has 132 valence electrons. The summed E-state index contributed by atoms with van der Waals surface area (Å²) in [5.74, 6) is 1.27. The largest absolute Gasteiger partial charge is 0.354 e. The van der Waals surface area contributed by atoms with E-state index in [1.54, 1.807) is 17.5 Å². The maximum atomic E-state index is 12.4. The Labute approximate surface area is 152 Å². The predicted octanol–water partition coefficient (Wildman–Crippen LogP) is 3.93. The first-order valence-electron chi connectivity index (χ1n) is 8.71. The summed E-state index contributed by atoms with van der Waals surface area (Å²) < 4.78 is 3.17. The third-order valence-corrected chi connectivity index (χ3v) is 5.31. The number of aryl methyl sites for hydroxylation is 1. The first-order chi connectivity index (χ1) is 12.1. The summed E-state index contributed by atoms with van der Waals surface area (Å²) in [6.45, 7) is 6.74. The second-order valence-electron chi connectivity index (χ2n) is 6.49. The molecule has 0 aliphatic rings. The van der Waals surface area contributed by atoms with E-state index in [4.69, 9.17) is 0 Å². The average Bonchev–Trinajstić information content (AvgIpc) is 3.24. The summed E-state index contributed by atoms with van der Waals surface area (Å²) in [4.78, 5) is 21.4. The number of aromatic nitrogens is 3. The molecule has 0 spiro atoms. The summed E-state index contributed by atoms with van der Waals surface area (Å²) >= 11 is 1.73. The highest BCUT2D eigenvalue weighted by Gasteiger charge is 2.18. The summed E-state index contributed by atoms with van der Waals surface area (Å²) in [5.41, 5.74) is 1.06. The Kier molecular flexibility index (Phi) is 5.48. The highest BCUT2D eigenvalue weighted by molar-refractivity contribution is 7.18. The molecule has 2 aromatic heterocycles. The number of nitrogens with one attached hydrogen (secondary N) is 1. The Bertz CT molecular complexity index is 819. The highest BCUT2D eigenvalue weighted by Crippen LogP contribution is 2.22. The Balaban J connectivity index is 1.49. The van der Waals surface area contributed by atoms with Crippen molar-refractivity contribution in [3.05, 3.63) is 47.5 Å². The molecule has 3 rings (SSSR count). The lowest BCUT2D eigenvalue weighted by Crippen LogP contribution is -2.32. The topological polar surface area (TPSA) is 59.8 Å². The third kappa shape index (κ3) is 4.07. The van der Waals surface area contributed by atoms with E-state index in [1.165, 1.54) is 4.70 Å². The van der Waals surface area contributed by atoms with Gasteiger partial charge in [-0.05, 0) is 25.5 Å². The number of nitrogens with zero attached hydrogens (tertiary/aromatic N) is 3. The van der Waals surface area contributed by atoms with E-state index in [0.717, 1.165) is 29.2 Å². The zero-order chi connectivity index (χ0) is 17.8. The van der Waals surface area contributed by atoms with E-state index in [2.05, 4.69) is 35.2 Å². The Morgan fingerprint density at radius 2 is 2.08 bits per heavy atom. The van der Waals surface area contributed by atoms with Crippen LogP contribution in [0.2, 0.25) is 0 Å². The number of rotatable bonds is 7. The maximum Gasteiger partial charge on any atom is 0.242 e. The minimum absolute atomic E-state index is 0.0317. The minimum Gasteiger partial charge on any atom is -0.354 e. The van der Waals surface area contributed by atoms with Crippen molar-refractivity contribution in [2.45, 2.75) is 45.6 Å². The molecule has 3 aromatic rings. The van der Waals surface area contributed by atoms with Crippen LogP contribution in [0.3, 0.4) is 0 Å². The molecule has 0 aliphatic carbocycles. The van der Waals surface area contributed by atoms with E-state index < -0.39 is 0 Å². The van der Waals surface area contributed by atoms with E-state index >= 15 is 0 Å². The van der Waals surface area contributed by atoms with Crippen LogP contribution in [0.25, 0.3) is 10.2 Å². The lowest BCUT2D eigenvalue weighted by atomic mass is 10.2. The summed E-state index contributed by atoms with van der Waals surface area (Å²) in [6.07, 6.45) is 5.41. The molecule has 1 N–H and O–H groups in total. The molecule has 1 amide bonds. The van der Waals surface area contributed by atoms with Gasteiger partial charge in [0.1, 0.15) is 11.9 Å². The van der Waals surface area contributed by atoms with Crippen LogP contribution >= 0.6 is 11.3 Å². The molecule has 0 saturated carbocycles. The number of fused-ring (bicyclic) bond motifs is 1. The minimum atomic E-state index is -0.248. The van der Waals surface area contributed by atoms with E-state index in [-0.39, 0.29) is 11.9 Å². The van der Waals surface area contributed by atoms with Crippen molar-refractivity contribution in [1.29, 1.82) is 0 Å². The first-order valence-corrected chi connectivity index (χ1v) is 9.53. The van der Waals surface area contributed by atoms with Gasteiger partial charge in [0.2, 0.25) is 5.91 Å². The van der Waals surface area contributed by atoms with Gasteiger partial charge in [0.15, 0.2) is 0 Å². The van der Waals surface area contributed by atoms with Crippen molar-refractivity contribution in [2.24, 2.45) is 0 Å². The lowest BCUT2D eigenvalue weighted by molar-refractivity contribution is -0.123. The molecule has 6 heteroatoms. The number of thiazole rings is 1. The zero-order valence-electron chi connectivity index (χ0n) is 14.9. The number of para-hydroxylation sites is 1. The number of hydrogen-bond donors (Lipinski definition) is 1. The van der Waals surface area contributed by atoms with Crippen molar-refractivity contribution in [3.63, 3.8) is 0 Å². The molecule has 0 fully saturated rings. The van der Waals surface area contributed by atoms with Crippen LogP contribution in [0.15, 0.2) is 36.7 Å². The summed E-state index contributed by atoms with van der Waals surface area (Å²) in [7, 11) is 0. The second kappa shape index (κ2) is 7.78. The number of hydrogen-bond acceptors (Lipinski definition) is 4. The Hall–Kier alpha value is -2.21. The van der Waals surface area contributed by atoms with Crippen molar-refractivity contribution in [2.75, 3.05) is 6.54 Å². The summed E-state index contributed by atoms with van der Waals surface area (Å²) in [5, 5.41) is 4.16. The second-order valence-corrected chi connectivity index (χ2v) is 7.61. The van der Waals surface area contributed by atoms with Gasteiger partial charge in [0, 0.05) is 31.3 Å². The lowest BCUT2D eigenvalue weighted by Gasteiger charge is -2.17. The molecule has 0 aliphatic heterocycles. The normalized spacial score (nSPS) is 12.6. The van der Waals surface area contributed by atoms with Crippen LogP contribution < -0.4 is 5.32 Å². The number of imidazole rings is 1. The monoisotopic (exact) mass is 356 g/mol. The molecule has 25 heavy (non-hydrogen) atoms. The van der Waals surface area contributed by atoms with Gasteiger partial charge in [-0.1, -0.05) is 26.0 Å². The van der Waals surface area contributed by atoms with Crippen LogP contribution in [0.1, 0.15) is 50.0 Å².